The molecule has 0 radical (unpaired) electrons. The molecule has 1 heterocycles. The van der Waals surface area contributed by atoms with Gasteiger partial charge in [0.1, 0.15) is 5.75 Å². The third-order valence-corrected chi connectivity index (χ3v) is 4.54. The molecule has 0 aliphatic carbocycles. The first kappa shape index (κ1) is 20.8. The third kappa shape index (κ3) is 6.89. The van der Waals surface area contributed by atoms with Gasteiger partial charge in [0.05, 0.1) is 12.3 Å². The lowest BCUT2D eigenvalue weighted by Crippen LogP contribution is -2.35. The van der Waals surface area contributed by atoms with Crippen LogP contribution in [0.3, 0.4) is 0 Å². The van der Waals surface area contributed by atoms with E-state index >= 15 is 0 Å². The highest BCUT2D eigenvalue weighted by Gasteiger charge is 2.16. The van der Waals surface area contributed by atoms with Crippen LogP contribution in [0.5, 0.6) is 5.75 Å². The van der Waals surface area contributed by atoms with Crippen molar-refractivity contribution in [2.24, 2.45) is 5.10 Å². The van der Waals surface area contributed by atoms with E-state index in [0.717, 1.165) is 25.0 Å². The van der Waals surface area contributed by atoms with E-state index in [-0.39, 0.29) is 24.5 Å². The van der Waals surface area contributed by atoms with E-state index in [4.69, 9.17) is 21.1 Å². The zero-order valence-electron chi connectivity index (χ0n) is 15.8. The fraction of sp³-hybridized carbons (Fsp3) is 0.286. The van der Waals surface area contributed by atoms with Crippen LogP contribution in [-0.2, 0) is 9.53 Å². The summed E-state index contributed by atoms with van der Waals surface area (Å²) in [5.74, 6) is 0.0579. The van der Waals surface area contributed by atoms with Gasteiger partial charge in [0, 0.05) is 23.7 Å². The maximum Gasteiger partial charge on any atom is 0.271 e. The first-order chi connectivity index (χ1) is 14.1. The third-order valence-electron chi connectivity index (χ3n) is 4.29. The van der Waals surface area contributed by atoms with Crippen molar-refractivity contribution in [2.45, 2.75) is 18.9 Å². The topological polar surface area (TPSA) is 89.0 Å². The van der Waals surface area contributed by atoms with Crippen molar-refractivity contribution in [1.29, 1.82) is 0 Å². The normalized spacial score (nSPS) is 16.0. The standard InChI is InChI=1S/C21H22ClN3O4/c22-17-7-5-16(6-8-17)21(27)25-24-12-15-3-9-18(10-4-15)29-14-20(26)23-13-19-2-1-11-28-19/h3-10,12,19H,1-2,11,13-14H2,(H,23,26)(H,25,27)/b24-12+/t19-/m1/s1. The highest BCUT2D eigenvalue weighted by molar-refractivity contribution is 6.30. The van der Waals surface area contributed by atoms with Gasteiger partial charge in [-0.2, -0.15) is 5.10 Å². The molecule has 0 aromatic heterocycles. The van der Waals surface area contributed by atoms with Gasteiger partial charge >= 0.3 is 0 Å². The number of nitrogens with zero attached hydrogens (tertiary/aromatic N) is 1. The molecule has 1 fully saturated rings. The largest absolute Gasteiger partial charge is 0.484 e. The second kappa shape index (κ2) is 10.6. The molecule has 152 valence electrons. The predicted octanol–water partition coefficient (Wildman–Crippen LogP) is 2.78. The maximum atomic E-state index is 12.0. The molecule has 1 aliphatic heterocycles. The van der Waals surface area contributed by atoms with Gasteiger partial charge in [-0.25, -0.2) is 5.43 Å². The van der Waals surface area contributed by atoms with Gasteiger partial charge in [0.2, 0.25) is 0 Å². The van der Waals surface area contributed by atoms with Gasteiger partial charge in [-0.05, 0) is 66.9 Å². The van der Waals surface area contributed by atoms with Crippen LogP contribution >= 0.6 is 11.6 Å². The summed E-state index contributed by atoms with van der Waals surface area (Å²) in [5, 5.41) is 7.30. The Hall–Kier alpha value is -2.90. The fourth-order valence-corrected chi connectivity index (χ4v) is 2.84. The summed E-state index contributed by atoms with van der Waals surface area (Å²) < 4.78 is 10.9. The molecule has 0 unspecified atom stereocenters. The minimum absolute atomic E-state index is 0.0582. The zero-order valence-corrected chi connectivity index (χ0v) is 16.5. The van der Waals surface area contributed by atoms with Gasteiger partial charge in [-0.3, -0.25) is 9.59 Å². The number of halogens is 1. The van der Waals surface area contributed by atoms with E-state index in [2.05, 4.69) is 15.8 Å². The van der Waals surface area contributed by atoms with E-state index in [0.29, 0.717) is 22.9 Å². The minimum Gasteiger partial charge on any atom is -0.484 e. The van der Waals surface area contributed by atoms with Gasteiger partial charge in [-0.1, -0.05) is 11.6 Å². The molecule has 1 saturated heterocycles. The van der Waals surface area contributed by atoms with E-state index < -0.39 is 0 Å². The quantitative estimate of drug-likeness (QED) is 0.512. The number of benzene rings is 2. The SMILES string of the molecule is O=C(COc1ccc(/C=N/NC(=O)c2ccc(Cl)cc2)cc1)NC[C@H]1CCCO1. The summed E-state index contributed by atoms with van der Waals surface area (Å²) in [4.78, 5) is 23.8. The number of ether oxygens (including phenoxy) is 2. The van der Waals surface area contributed by atoms with Crippen LogP contribution in [0, 0.1) is 0 Å². The van der Waals surface area contributed by atoms with Gasteiger partial charge < -0.3 is 14.8 Å². The molecule has 0 spiro atoms. The van der Waals surface area contributed by atoms with Crippen LogP contribution in [0.1, 0.15) is 28.8 Å². The second-order valence-corrected chi connectivity index (χ2v) is 6.94. The minimum atomic E-state index is -0.327. The Labute approximate surface area is 174 Å². The lowest BCUT2D eigenvalue weighted by molar-refractivity contribution is -0.123. The number of carbonyl (C=O) groups is 2. The first-order valence-electron chi connectivity index (χ1n) is 9.30. The average Bonchev–Trinajstić information content (AvgIpc) is 3.26. The molecule has 7 nitrogen and oxygen atoms in total. The average molecular weight is 416 g/mol. The summed E-state index contributed by atoms with van der Waals surface area (Å²) in [7, 11) is 0. The smallest absolute Gasteiger partial charge is 0.271 e. The summed E-state index contributed by atoms with van der Waals surface area (Å²) in [5.41, 5.74) is 3.69. The van der Waals surface area contributed by atoms with Crippen LogP contribution in [0.2, 0.25) is 5.02 Å². The number of nitrogens with one attached hydrogen (secondary N) is 2. The number of rotatable bonds is 8. The lowest BCUT2D eigenvalue weighted by Gasteiger charge is -2.11. The number of hydrazone groups is 1. The van der Waals surface area contributed by atoms with Crippen molar-refractivity contribution in [3.8, 4) is 5.75 Å². The molecular formula is C21H22ClN3O4. The summed E-state index contributed by atoms with van der Waals surface area (Å²) in [6.45, 7) is 1.22. The predicted molar refractivity (Wildman–Crippen MR) is 110 cm³/mol. The van der Waals surface area contributed by atoms with Crippen LogP contribution in [0.25, 0.3) is 0 Å². The molecule has 3 rings (SSSR count). The summed E-state index contributed by atoms with van der Waals surface area (Å²) in [6.07, 6.45) is 3.64. The van der Waals surface area contributed by atoms with Gasteiger partial charge in [-0.15, -0.1) is 0 Å². The maximum absolute atomic E-state index is 12.0. The molecular weight excluding hydrogens is 394 g/mol. The molecule has 2 N–H and O–H groups in total. The summed E-state index contributed by atoms with van der Waals surface area (Å²) in [6, 6.07) is 13.5. The molecule has 1 atom stereocenters. The van der Waals surface area contributed by atoms with Crippen LogP contribution in [-0.4, -0.2) is 43.9 Å². The van der Waals surface area contributed by atoms with Crippen LogP contribution in [0.15, 0.2) is 53.6 Å². The lowest BCUT2D eigenvalue weighted by atomic mass is 10.2. The fourth-order valence-electron chi connectivity index (χ4n) is 2.71. The number of amides is 2. The van der Waals surface area contributed by atoms with Gasteiger partial charge in [0.25, 0.3) is 11.8 Å². The summed E-state index contributed by atoms with van der Waals surface area (Å²) >= 11 is 5.80. The van der Waals surface area contributed by atoms with E-state index in [1.165, 1.54) is 6.21 Å². The first-order valence-corrected chi connectivity index (χ1v) is 9.68. The molecule has 2 aromatic rings. The van der Waals surface area contributed by atoms with Crippen molar-refractivity contribution in [1.82, 2.24) is 10.7 Å². The Bertz CT molecular complexity index is 847. The Morgan fingerprint density at radius 1 is 1.17 bits per heavy atom. The van der Waals surface area contributed by atoms with E-state index in [9.17, 15) is 9.59 Å². The molecule has 8 heteroatoms. The Morgan fingerprint density at radius 3 is 2.62 bits per heavy atom. The highest BCUT2D eigenvalue weighted by atomic mass is 35.5. The Kier molecular flexibility index (Phi) is 7.61. The molecule has 29 heavy (non-hydrogen) atoms. The van der Waals surface area contributed by atoms with Crippen molar-refractivity contribution in [3.05, 3.63) is 64.7 Å². The second-order valence-electron chi connectivity index (χ2n) is 6.50. The molecule has 1 aliphatic rings. The highest BCUT2D eigenvalue weighted by Crippen LogP contribution is 2.12. The number of hydrogen-bond acceptors (Lipinski definition) is 5. The van der Waals surface area contributed by atoms with Crippen LogP contribution < -0.4 is 15.5 Å². The van der Waals surface area contributed by atoms with Crippen molar-refractivity contribution in [2.75, 3.05) is 19.8 Å². The Balaban J connectivity index is 1.39. The van der Waals surface area contributed by atoms with E-state index in [1.54, 1.807) is 48.5 Å². The number of carbonyl (C=O) groups excluding carboxylic acids is 2. The van der Waals surface area contributed by atoms with Crippen molar-refractivity contribution >= 4 is 29.6 Å². The molecule has 0 bridgehead atoms. The monoisotopic (exact) mass is 415 g/mol. The van der Waals surface area contributed by atoms with Crippen LogP contribution in [0.4, 0.5) is 0 Å². The van der Waals surface area contributed by atoms with E-state index in [1.807, 2.05) is 0 Å². The van der Waals surface area contributed by atoms with Crippen molar-refractivity contribution in [3.63, 3.8) is 0 Å². The Morgan fingerprint density at radius 2 is 1.93 bits per heavy atom. The molecule has 0 saturated carbocycles. The number of hydrogen-bond donors (Lipinski definition) is 2. The molecule has 2 aromatic carbocycles. The van der Waals surface area contributed by atoms with Gasteiger partial charge in [0.15, 0.2) is 6.61 Å². The van der Waals surface area contributed by atoms with Crippen molar-refractivity contribution < 1.29 is 19.1 Å². The molecule has 2 amide bonds. The zero-order chi connectivity index (χ0) is 20.5.